The summed E-state index contributed by atoms with van der Waals surface area (Å²) >= 11 is 0. The van der Waals surface area contributed by atoms with Crippen LogP contribution in [0.4, 0.5) is 0 Å². The van der Waals surface area contributed by atoms with Crippen LogP contribution in [0.15, 0.2) is 17.7 Å². The minimum Gasteiger partial charge on any atom is -1.00 e. The van der Waals surface area contributed by atoms with E-state index >= 15 is 0 Å². The van der Waals surface area contributed by atoms with Gasteiger partial charge in [-0.1, -0.05) is 41.0 Å². The molecule has 0 aromatic carbocycles. The van der Waals surface area contributed by atoms with Gasteiger partial charge in [-0.15, -0.1) is 6.42 Å². The molecule has 0 aromatic heterocycles. The third-order valence-electron chi connectivity index (χ3n) is 5.86. The maximum Gasteiger partial charge on any atom is 3.00 e. The fourth-order valence-corrected chi connectivity index (χ4v) is 3.66. The first-order valence-electron chi connectivity index (χ1n) is 7.64. The predicted molar refractivity (Wildman–Crippen MR) is 79.2 cm³/mol. The Morgan fingerprint density at radius 1 is 1.29 bits per heavy atom. The Hall–Kier alpha value is 0.943. The molecule has 2 unspecified atom stereocenters. The number of hydrogen-bond acceptors (Lipinski definition) is 0. The van der Waals surface area contributed by atoms with Gasteiger partial charge in [-0.25, -0.2) is 11.6 Å². The average molecular weight is 408 g/mol. The maximum absolute atomic E-state index is 3.57. The molecular weight excluding hydrogens is 378 g/mol. The molecule has 2 atom stereocenters. The predicted octanol–water partition coefficient (Wildman–Crippen LogP) is -0.440. The Labute approximate surface area is 163 Å². The summed E-state index contributed by atoms with van der Waals surface area (Å²) in [4.78, 5) is 0. The van der Waals surface area contributed by atoms with E-state index in [0.717, 1.165) is 18.3 Å². The van der Waals surface area contributed by atoms with Gasteiger partial charge in [-0.05, 0) is 41.9 Å². The van der Waals surface area contributed by atoms with Crippen LogP contribution in [-0.4, -0.2) is 0 Å². The summed E-state index contributed by atoms with van der Waals surface area (Å²) < 4.78 is 0. The second-order valence-electron chi connectivity index (χ2n) is 7.53. The van der Waals surface area contributed by atoms with E-state index in [2.05, 4.69) is 52.8 Å². The van der Waals surface area contributed by atoms with Crippen molar-refractivity contribution in [2.45, 2.75) is 66.7 Å². The van der Waals surface area contributed by atoms with Crippen molar-refractivity contribution in [1.29, 1.82) is 0 Å². The molecule has 0 aromatic rings. The largest absolute Gasteiger partial charge is 3.00 e. The Morgan fingerprint density at radius 3 is 2.38 bits per heavy atom. The zero-order valence-electron chi connectivity index (χ0n) is 14.1. The molecule has 0 nitrogen and oxygen atoms in total. The van der Waals surface area contributed by atoms with Crippen molar-refractivity contribution >= 4 is 0 Å². The van der Waals surface area contributed by atoms with E-state index in [-0.39, 0.29) is 51.0 Å². The molecule has 0 amide bonds. The summed E-state index contributed by atoms with van der Waals surface area (Å²) in [6.45, 7) is 12.2. The first-order chi connectivity index (χ1) is 8.36. The van der Waals surface area contributed by atoms with Crippen LogP contribution in [0.3, 0.4) is 0 Å². The molecule has 2 aliphatic rings. The molecule has 0 spiro atoms. The molecule has 0 aliphatic heterocycles. The van der Waals surface area contributed by atoms with Crippen LogP contribution in [0.2, 0.25) is 0 Å². The Balaban J connectivity index is 0. The Bertz CT molecular complexity index is 371. The van der Waals surface area contributed by atoms with E-state index in [1.807, 2.05) is 0 Å². The molecule has 21 heavy (non-hydrogen) atoms. The SMILES string of the molecule is CC(C)C(C)(C)C1CCCC(C)(C2=[C-]CC=C2)C1.[Cl-].[Cl-].[Zr+3]. The molecule has 0 bridgehead atoms. The zero-order valence-corrected chi connectivity index (χ0v) is 18.1. The van der Waals surface area contributed by atoms with E-state index in [9.17, 15) is 0 Å². The zero-order chi connectivity index (χ0) is 13.4. The van der Waals surface area contributed by atoms with Crippen LogP contribution in [0.1, 0.15) is 66.7 Å². The van der Waals surface area contributed by atoms with Gasteiger partial charge in [0.1, 0.15) is 0 Å². The standard InChI is InChI=1S/C18H29.2ClH.Zr/c1-14(2)17(3,4)16-11-8-12-18(5,13-16)15-9-6-7-10-15;;;/h6,9,14,16H,7-8,11-13H2,1-5H3;2*1H;/q-1;;;+3/p-2. The summed E-state index contributed by atoms with van der Waals surface area (Å²) in [5, 5.41) is 0. The van der Waals surface area contributed by atoms with Crippen LogP contribution in [0.25, 0.3) is 0 Å². The van der Waals surface area contributed by atoms with Gasteiger partial charge in [0.05, 0.1) is 0 Å². The number of allylic oxidation sites excluding steroid dienone is 4. The van der Waals surface area contributed by atoms with Crippen LogP contribution < -0.4 is 24.8 Å². The summed E-state index contributed by atoms with van der Waals surface area (Å²) in [5.41, 5.74) is 2.35. The Kier molecular flexibility index (Phi) is 10.7. The first-order valence-corrected chi connectivity index (χ1v) is 7.64. The van der Waals surface area contributed by atoms with Gasteiger partial charge in [-0.2, -0.15) is 6.08 Å². The van der Waals surface area contributed by atoms with Gasteiger partial charge in [0.25, 0.3) is 0 Å². The van der Waals surface area contributed by atoms with Crippen molar-refractivity contribution in [1.82, 2.24) is 0 Å². The van der Waals surface area contributed by atoms with E-state index in [4.69, 9.17) is 0 Å². The van der Waals surface area contributed by atoms with E-state index < -0.39 is 0 Å². The van der Waals surface area contributed by atoms with Crippen molar-refractivity contribution in [2.24, 2.45) is 22.7 Å². The monoisotopic (exact) mass is 405 g/mol. The molecule has 0 saturated heterocycles. The molecule has 2 aliphatic carbocycles. The topological polar surface area (TPSA) is 0 Å². The summed E-state index contributed by atoms with van der Waals surface area (Å²) in [6.07, 6.45) is 14.7. The van der Waals surface area contributed by atoms with E-state index in [1.165, 1.54) is 31.3 Å². The molecular formula is C18H29Cl2Zr. The molecule has 3 heteroatoms. The molecule has 1 fully saturated rings. The van der Waals surface area contributed by atoms with Gasteiger partial charge in [0, 0.05) is 0 Å². The summed E-state index contributed by atoms with van der Waals surface area (Å²) in [7, 11) is 0. The van der Waals surface area contributed by atoms with E-state index in [1.54, 1.807) is 0 Å². The van der Waals surface area contributed by atoms with Crippen LogP contribution >= 0.6 is 0 Å². The van der Waals surface area contributed by atoms with Gasteiger partial charge in [-0.3, -0.25) is 6.08 Å². The molecule has 0 N–H and O–H groups in total. The fraction of sp³-hybridized carbons (Fsp3) is 0.778. The summed E-state index contributed by atoms with van der Waals surface area (Å²) in [6, 6.07) is 0. The van der Waals surface area contributed by atoms with Gasteiger partial charge in [0.2, 0.25) is 0 Å². The van der Waals surface area contributed by atoms with Crippen molar-refractivity contribution in [2.75, 3.05) is 0 Å². The second kappa shape index (κ2) is 9.29. The second-order valence-corrected chi connectivity index (χ2v) is 7.53. The van der Waals surface area contributed by atoms with E-state index in [0.29, 0.717) is 10.8 Å². The number of halogens is 2. The van der Waals surface area contributed by atoms with Crippen molar-refractivity contribution in [3.8, 4) is 0 Å². The number of rotatable bonds is 3. The van der Waals surface area contributed by atoms with Gasteiger partial charge in [0.15, 0.2) is 0 Å². The molecule has 0 heterocycles. The van der Waals surface area contributed by atoms with Crippen molar-refractivity contribution in [3.63, 3.8) is 0 Å². The van der Waals surface area contributed by atoms with Gasteiger partial charge < -0.3 is 24.8 Å². The third kappa shape index (κ3) is 5.22. The first kappa shape index (κ1) is 24.2. The summed E-state index contributed by atoms with van der Waals surface area (Å²) in [5.74, 6) is 1.63. The van der Waals surface area contributed by atoms with Gasteiger partial charge >= 0.3 is 26.2 Å². The van der Waals surface area contributed by atoms with Crippen LogP contribution in [-0.2, 0) is 26.2 Å². The Morgan fingerprint density at radius 2 is 1.90 bits per heavy atom. The third-order valence-corrected chi connectivity index (χ3v) is 5.86. The average Bonchev–Trinajstić information content (AvgIpc) is 2.83. The normalized spacial score (nSPS) is 28.3. The number of hydrogen-bond donors (Lipinski definition) is 0. The quantitative estimate of drug-likeness (QED) is 0.557. The molecule has 2 rings (SSSR count). The minimum atomic E-state index is 0. The minimum absolute atomic E-state index is 0. The molecule has 1 radical (unpaired) electrons. The molecule has 119 valence electrons. The molecule has 1 saturated carbocycles. The fourth-order valence-electron chi connectivity index (χ4n) is 3.66. The smallest absolute Gasteiger partial charge is 1.00 e. The maximum atomic E-state index is 3.57. The van der Waals surface area contributed by atoms with Crippen molar-refractivity contribution in [3.05, 3.63) is 23.8 Å². The van der Waals surface area contributed by atoms with Crippen molar-refractivity contribution < 1.29 is 51.0 Å². The van der Waals surface area contributed by atoms with Crippen LogP contribution in [0, 0.1) is 28.7 Å². The van der Waals surface area contributed by atoms with Crippen LogP contribution in [0.5, 0.6) is 0 Å².